The lowest BCUT2D eigenvalue weighted by molar-refractivity contribution is 0.0270. The van der Waals surface area contributed by atoms with Gasteiger partial charge in [0.2, 0.25) is 0 Å². The molecule has 4 aromatic carbocycles. The maximum atomic E-state index is 12.8. The van der Waals surface area contributed by atoms with Crippen molar-refractivity contribution in [1.82, 2.24) is 4.57 Å². The van der Waals surface area contributed by atoms with E-state index in [-0.39, 0.29) is 12.1 Å². The summed E-state index contributed by atoms with van der Waals surface area (Å²) in [7, 11) is 1.72. The monoisotopic (exact) mass is 515 g/mol. The second kappa shape index (κ2) is 11.2. The molecule has 5 aromatic rings. The first-order valence-electron chi connectivity index (χ1n) is 13.8. The lowest BCUT2D eigenvalue weighted by Crippen LogP contribution is -2.26. The zero-order valence-corrected chi connectivity index (χ0v) is 22.3. The van der Waals surface area contributed by atoms with Gasteiger partial charge in [0.1, 0.15) is 11.9 Å². The van der Waals surface area contributed by atoms with Gasteiger partial charge in [0.15, 0.2) is 0 Å². The number of aromatic nitrogens is 1. The smallest absolute Gasteiger partial charge is 0.338 e. The zero-order valence-electron chi connectivity index (χ0n) is 22.3. The van der Waals surface area contributed by atoms with E-state index in [0.29, 0.717) is 5.56 Å². The summed E-state index contributed by atoms with van der Waals surface area (Å²) in [6.45, 7) is 0.932. The largest absolute Gasteiger partial charge is 0.497 e. The van der Waals surface area contributed by atoms with Gasteiger partial charge in [-0.1, -0.05) is 78.9 Å². The number of ether oxygens (including phenoxy) is 2. The third kappa shape index (κ3) is 5.20. The summed E-state index contributed by atoms with van der Waals surface area (Å²) in [5, 5.41) is 1.27. The second-order valence-corrected chi connectivity index (χ2v) is 10.2. The number of methoxy groups -OCH3 is 1. The number of esters is 1. The Morgan fingerprint density at radius 3 is 2.46 bits per heavy atom. The Morgan fingerprint density at radius 2 is 1.67 bits per heavy atom. The van der Waals surface area contributed by atoms with Crippen LogP contribution in [-0.4, -0.2) is 23.8 Å². The molecule has 39 heavy (non-hydrogen) atoms. The van der Waals surface area contributed by atoms with E-state index in [2.05, 4.69) is 71.3 Å². The number of para-hydroxylation sites is 1. The highest BCUT2D eigenvalue weighted by Crippen LogP contribution is 2.38. The molecule has 6 rings (SSSR count). The first-order chi connectivity index (χ1) is 19.2. The van der Waals surface area contributed by atoms with Gasteiger partial charge in [-0.3, -0.25) is 0 Å². The van der Waals surface area contributed by atoms with Crippen molar-refractivity contribution in [2.75, 3.05) is 7.11 Å². The third-order valence-corrected chi connectivity index (χ3v) is 7.79. The van der Waals surface area contributed by atoms with E-state index in [4.69, 9.17) is 9.47 Å². The molecule has 1 atom stereocenters. The van der Waals surface area contributed by atoms with Crippen molar-refractivity contribution in [1.29, 1.82) is 0 Å². The molecule has 4 heteroatoms. The topological polar surface area (TPSA) is 40.5 Å². The Labute approximate surface area is 229 Å². The van der Waals surface area contributed by atoms with Gasteiger partial charge < -0.3 is 14.0 Å². The summed E-state index contributed by atoms with van der Waals surface area (Å²) < 4.78 is 14.0. The molecular weight excluding hydrogens is 482 g/mol. The minimum absolute atomic E-state index is 0.124. The van der Waals surface area contributed by atoms with E-state index in [1.165, 1.54) is 38.9 Å². The SMILES string of the molecule is COc1cccc(CCCn2c3c(c4cccc(-c5ccccc5)c42)CC(OC(=O)c2ccccc2)CC3)c1. The Balaban J connectivity index is 1.33. The highest BCUT2D eigenvalue weighted by atomic mass is 16.5. The first kappa shape index (κ1) is 25.0. The molecule has 0 fully saturated rings. The lowest BCUT2D eigenvalue weighted by atomic mass is 9.92. The van der Waals surface area contributed by atoms with Crippen LogP contribution in [0.15, 0.2) is 103 Å². The van der Waals surface area contributed by atoms with Gasteiger partial charge in [0.05, 0.1) is 18.2 Å². The van der Waals surface area contributed by atoms with E-state index in [1.807, 2.05) is 36.4 Å². The molecule has 0 N–H and O–H groups in total. The molecule has 4 nitrogen and oxygen atoms in total. The van der Waals surface area contributed by atoms with Crippen LogP contribution in [0.1, 0.15) is 40.0 Å². The Morgan fingerprint density at radius 1 is 0.897 bits per heavy atom. The summed E-state index contributed by atoms with van der Waals surface area (Å²) in [6, 6.07) is 34.9. The number of nitrogens with zero attached hydrogens (tertiary/aromatic N) is 1. The Hall–Kier alpha value is -4.31. The number of benzene rings is 4. The standard InChI is InChI=1S/C35H33NO3/c1-38-28-17-8-11-25(23-28)12-10-22-36-33-21-20-29(39-35(37)27-15-6-3-7-16-27)24-32(33)31-19-9-18-30(34(31)36)26-13-4-2-5-14-26/h2-9,11,13-19,23,29H,10,12,20-22,24H2,1H3. The van der Waals surface area contributed by atoms with Gasteiger partial charge in [-0.25, -0.2) is 4.79 Å². The van der Waals surface area contributed by atoms with Crippen LogP contribution in [0.25, 0.3) is 22.0 Å². The Kier molecular flexibility index (Phi) is 7.18. The second-order valence-electron chi connectivity index (χ2n) is 10.2. The number of hydrogen-bond donors (Lipinski definition) is 0. The van der Waals surface area contributed by atoms with Crippen LogP contribution in [0.5, 0.6) is 5.75 Å². The fourth-order valence-electron chi connectivity index (χ4n) is 5.93. The van der Waals surface area contributed by atoms with Crippen molar-refractivity contribution in [3.63, 3.8) is 0 Å². The normalized spacial score (nSPS) is 14.6. The molecular formula is C35H33NO3. The zero-order chi connectivity index (χ0) is 26.6. The van der Waals surface area contributed by atoms with Crippen molar-refractivity contribution in [2.45, 2.75) is 44.8 Å². The predicted octanol–water partition coefficient (Wildman–Crippen LogP) is 7.66. The highest BCUT2D eigenvalue weighted by Gasteiger charge is 2.29. The van der Waals surface area contributed by atoms with E-state index >= 15 is 0 Å². The number of rotatable bonds is 8. The minimum atomic E-state index is -0.240. The van der Waals surface area contributed by atoms with E-state index in [9.17, 15) is 4.79 Å². The molecule has 0 aliphatic heterocycles. The molecule has 1 aliphatic rings. The van der Waals surface area contributed by atoms with Gasteiger partial charge in [-0.15, -0.1) is 0 Å². The number of carbonyl (C=O) groups is 1. The third-order valence-electron chi connectivity index (χ3n) is 7.79. The molecule has 0 spiro atoms. The van der Waals surface area contributed by atoms with Gasteiger partial charge in [-0.05, 0) is 66.6 Å². The van der Waals surface area contributed by atoms with E-state index < -0.39 is 0 Å². The van der Waals surface area contributed by atoms with Crippen LogP contribution in [0.4, 0.5) is 0 Å². The van der Waals surface area contributed by atoms with Crippen molar-refractivity contribution in [3.05, 3.63) is 126 Å². The molecule has 0 amide bonds. The Bertz CT molecular complexity index is 1590. The van der Waals surface area contributed by atoms with Crippen LogP contribution in [0.2, 0.25) is 0 Å². The molecule has 0 saturated heterocycles. The van der Waals surface area contributed by atoms with Crippen LogP contribution >= 0.6 is 0 Å². The number of hydrogen-bond acceptors (Lipinski definition) is 3. The molecule has 1 aromatic heterocycles. The van der Waals surface area contributed by atoms with Gasteiger partial charge in [0.25, 0.3) is 0 Å². The summed E-state index contributed by atoms with van der Waals surface area (Å²) in [4.78, 5) is 12.8. The van der Waals surface area contributed by atoms with Crippen molar-refractivity contribution in [3.8, 4) is 16.9 Å². The van der Waals surface area contributed by atoms with Crippen LogP contribution in [-0.2, 0) is 30.5 Å². The number of fused-ring (bicyclic) bond motifs is 3. The van der Waals surface area contributed by atoms with Crippen molar-refractivity contribution < 1.29 is 14.3 Å². The molecule has 1 unspecified atom stereocenters. The molecule has 0 bridgehead atoms. The summed E-state index contributed by atoms with van der Waals surface area (Å²) in [5.74, 6) is 0.662. The fraction of sp³-hybridized carbons (Fsp3) is 0.229. The molecule has 0 saturated carbocycles. The van der Waals surface area contributed by atoms with Crippen molar-refractivity contribution in [2.24, 2.45) is 0 Å². The maximum absolute atomic E-state index is 12.8. The first-order valence-corrected chi connectivity index (χ1v) is 13.8. The number of aryl methyl sites for hydroxylation is 2. The van der Waals surface area contributed by atoms with Gasteiger partial charge >= 0.3 is 5.97 Å². The quantitative estimate of drug-likeness (QED) is 0.199. The maximum Gasteiger partial charge on any atom is 0.338 e. The average molecular weight is 516 g/mol. The average Bonchev–Trinajstić information content (AvgIpc) is 3.31. The lowest BCUT2D eigenvalue weighted by Gasteiger charge is -2.24. The molecule has 0 radical (unpaired) electrons. The highest BCUT2D eigenvalue weighted by molar-refractivity contribution is 5.98. The van der Waals surface area contributed by atoms with Crippen LogP contribution < -0.4 is 4.74 Å². The van der Waals surface area contributed by atoms with E-state index in [0.717, 1.165) is 44.4 Å². The van der Waals surface area contributed by atoms with Gasteiger partial charge in [-0.2, -0.15) is 0 Å². The van der Waals surface area contributed by atoms with Gasteiger partial charge in [0, 0.05) is 29.6 Å². The minimum Gasteiger partial charge on any atom is -0.497 e. The predicted molar refractivity (Wildman–Crippen MR) is 156 cm³/mol. The molecule has 1 aliphatic carbocycles. The van der Waals surface area contributed by atoms with Crippen LogP contribution in [0.3, 0.4) is 0 Å². The van der Waals surface area contributed by atoms with Crippen molar-refractivity contribution >= 4 is 16.9 Å². The summed E-state index contributed by atoms with van der Waals surface area (Å²) in [6.07, 6.45) is 4.35. The van der Waals surface area contributed by atoms with E-state index in [1.54, 1.807) is 7.11 Å². The molecule has 1 heterocycles. The van der Waals surface area contributed by atoms with Crippen LogP contribution in [0, 0.1) is 0 Å². The summed E-state index contributed by atoms with van der Waals surface area (Å²) in [5.41, 5.74) is 8.35. The number of carbonyl (C=O) groups excluding carboxylic acids is 1. The summed E-state index contributed by atoms with van der Waals surface area (Å²) >= 11 is 0. The fourth-order valence-corrected chi connectivity index (χ4v) is 5.93. The molecule has 196 valence electrons.